The van der Waals surface area contributed by atoms with Gasteiger partial charge >= 0.3 is 0 Å². The summed E-state index contributed by atoms with van der Waals surface area (Å²) in [7, 11) is -3.72. The molecule has 0 aliphatic carbocycles. The van der Waals surface area contributed by atoms with E-state index in [1.54, 1.807) is 5.38 Å². The van der Waals surface area contributed by atoms with E-state index in [9.17, 15) is 13.2 Å². The average molecular weight is 422 g/mol. The number of nitrogens with one attached hydrogen (secondary N) is 3. The molecular formula is C15H20ClN3O3S3. The summed E-state index contributed by atoms with van der Waals surface area (Å²) in [6.07, 6.45) is 2.13. The second-order valence-corrected chi connectivity index (χ2v) is 9.20. The first-order chi connectivity index (χ1) is 11.6. The highest BCUT2D eigenvalue weighted by Gasteiger charge is 2.24. The molecule has 0 spiro atoms. The first kappa shape index (κ1) is 20.3. The van der Waals surface area contributed by atoms with Crippen molar-refractivity contribution in [2.24, 2.45) is 0 Å². The van der Waals surface area contributed by atoms with E-state index in [0.717, 1.165) is 35.6 Å². The van der Waals surface area contributed by atoms with Crippen molar-refractivity contribution in [1.82, 2.24) is 15.4 Å². The molecule has 0 aromatic carbocycles. The molecular weight excluding hydrogens is 402 g/mol. The smallest absolute Gasteiger partial charge is 0.262 e. The first-order valence-corrected chi connectivity index (χ1v) is 10.9. The number of carbonyl (C=O) groups is 1. The maximum absolute atomic E-state index is 12.5. The van der Waals surface area contributed by atoms with Gasteiger partial charge in [-0.25, -0.2) is 13.1 Å². The van der Waals surface area contributed by atoms with Crippen molar-refractivity contribution in [3.05, 3.63) is 38.7 Å². The standard InChI is InChI=1S/C15H19N3O3S3.ClH/c19-15(17-9-11-3-1-6-16-11)14-13(5-8-23-14)24(20,21)18-10-12-4-2-7-22-12;/h2,4-5,7-8,11,16,18H,1,3,6,9-10H2,(H,17,19);1H. The Morgan fingerprint density at radius 3 is 2.80 bits per heavy atom. The molecule has 10 heteroatoms. The van der Waals surface area contributed by atoms with Crippen LogP contribution in [0.5, 0.6) is 0 Å². The summed E-state index contributed by atoms with van der Waals surface area (Å²) in [6, 6.07) is 5.48. The van der Waals surface area contributed by atoms with E-state index in [1.807, 2.05) is 17.5 Å². The normalized spacial score (nSPS) is 17.2. The Morgan fingerprint density at radius 1 is 1.28 bits per heavy atom. The van der Waals surface area contributed by atoms with E-state index in [-0.39, 0.29) is 40.7 Å². The van der Waals surface area contributed by atoms with Crippen LogP contribution in [-0.4, -0.2) is 33.5 Å². The second kappa shape index (κ2) is 9.11. The molecule has 1 fully saturated rings. The van der Waals surface area contributed by atoms with Crippen LogP contribution in [0.15, 0.2) is 33.9 Å². The van der Waals surface area contributed by atoms with Gasteiger partial charge < -0.3 is 10.6 Å². The fourth-order valence-corrected chi connectivity index (χ4v) is 5.64. The van der Waals surface area contributed by atoms with Crippen molar-refractivity contribution < 1.29 is 13.2 Å². The van der Waals surface area contributed by atoms with Gasteiger partial charge in [0, 0.05) is 24.0 Å². The second-order valence-electron chi connectivity index (χ2n) is 5.52. The Balaban J connectivity index is 0.00000225. The maximum atomic E-state index is 12.5. The lowest BCUT2D eigenvalue weighted by Gasteiger charge is -2.12. The lowest BCUT2D eigenvalue weighted by molar-refractivity contribution is 0.0951. The van der Waals surface area contributed by atoms with Crippen molar-refractivity contribution in [3.8, 4) is 0 Å². The van der Waals surface area contributed by atoms with Gasteiger partial charge in [-0.2, -0.15) is 0 Å². The summed E-state index contributed by atoms with van der Waals surface area (Å²) >= 11 is 2.62. The molecule has 1 amide bonds. The van der Waals surface area contributed by atoms with Gasteiger partial charge in [0.05, 0.1) is 0 Å². The molecule has 3 rings (SSSR count). The van der Waals surface area contributed by atoms with E-state index in [1.165, 1.54) is 17.4 Å². The molecule has 6 nitrogen and oxygen atoms in total. The number of amides is 1. The third-order valence-corrected chi connectivity index (χ3v) is 7.18. The molecule has 0 saturated carbocycles. The Kier molecular flexibility index (Phi) is 7.41. The molecule has 0 radical (unpaired) electrons. The van der Waals surface area contributed by atoms with Crippen molar-refractivity contribution in [1.29, 1.82) is 0 Å². The van der Waals surface area contributed by atoms with Crippen molar-refractivity contribution >= 4 is 51.0 Å². The lowest BCUT2D eigenvalue weighted by atomic mass is 10.2. The number of sulfonamides is 1. The quantitative estimate of drug-likeness (QED) is 0.639. The number of rotatable bonds is 7. The molecule has 1 aliphatic heterocycles. The predicted octanol–water partition coefficient (Wildman–Crippen LogP) is 2.19. The highest BCUT2D eigenvalue weighted by Crippen LogP contribution is 2.22. The molecule has 3 heterocycles. The van der Waals surface area contributed by atoms with Gasteiger partial charge in [-0.15, -0.1) is 35.1 Å². The fourth-order valence-electron chi connectivity index (χ4n) is 2.56. The molecule has 1 unspecified atom stereocenters. The SMILES string of the molecule is Cl.O=C(NCC1CCCN1)c1sccc1S(=O)(=O)NCc1cccs1. The van der Waals surface area contributed by atoms with Crippen LogP contribution in [0.4, 0.5) is 0 Å². The highest BCUT2D eigenvalue weighted by molar-refractivity contribution is 7.89. The summed E-state index contributed by atoms with van der Waals surface area (Å²) in [4.78, 5) is 13.5. The fraction of sp³-hybridized carbons (Fsp3) is 0.400. The van der Waals surface area contributed by atoms with Crippen LogP contribution < -0.4 is 15.4 Å². The largest absolute Gasteiger partial charge is 0.350 e. The number of hydrogen-bond donors (Lipinski definition) is 3. The van der Waals surface area contributed by atoms with Crippen LogP contribution in [-0.2, 0) is 16.6 Å². The van der Waals surface area contributed by atoms with Gasteiger partial charge in [0.25, 0.3) is 5.91 Å². The number of halogens is 1. The van der Waals surface area contributed by atoms with Crippen molar-refractivity contribution in [3.63, 3.8) is 0 Å². The molecule has 1 aliphatic rings. The monoisotopic (exact) mass is 421 g/mol. The minimum Gasteiger partial charge on any atom is -0.350 e. The molecule has 3 N–H and O–H groups in total. The van der Waals surface area contributed by atoms with Gasteiger partial charge in [0.1, 0.15) is 9.77 Å². The van der Waals surface area contributed by atoms with Crippen LogP contribution in [0.25, 0.3) is 0 Å². The van der Waals surface area contributed by atoms with Gasteiger partial charge in [-0.3, -0.25) is 4.79 Å². The molecule has 1 saturated heterocycles. The van der Waals surface area contributed by atoms with Gasteiger partial charge in [0.2, 0.25) is 10.0 Å². The third kappa shape index (κ3) is 5.25. The Morgan fingerprint density at radius 2 is 2.12 bits per heavy atom. The van der Waals surface area contributed by atoms with Crippen molar-refractivity contribution in [2.75, 3.05) is 13.1 Å². The summed E-state index contributed by atoms with van der Waals surface area (Å²) < 4.78 is 27.5. The maximum Gasteiger partial charge on any atom is 0.262 e. The van der Waals surface area contributed by atoms with E-state index in [2.05, 4.69) is 15.4 Å². The zero-order valence-electron chi connectivity index (χ0n) is 13.4. The summed E-state index contributed by atoms with van der Waals surface area (Å²) in [5.74, 6) is -0.338. The average Bonchev–Trinajstić information content (AvgIpc) is 3.33. The number of hydrogen-bond acceptors (Lipinski definition) is 6. The summed E-state index contributed by atoms with van der Waals surface area (Å²) in [5, 5.41) is 9.65. The van der Waals surface area contributed by atoms with E-state index in [0.29, 0.717) is 6.54 Å². The summed E-state index contributed by atoms with van der Waals surface area (Å²) in [6.45, 7) is 1.70. The van der Waals surface area contributed by atoms with Gasteiger partial charge in [-0.1, -0.05) is 6.07 Å². The molecule has 138 valence electrons. The minimum absolute atomic E-state index is 0. The lowest BCUT2D eigenvalue weighted by Crippen LogP contribution is -2.37. The third-order valence-electron chi connectivity index (χ3n) is 3.81. The summed E-state index contributed by atoms with van der Waals surface area (Å²) in [5.41, 5.74) is 0. The number of carbonyl (C=O) groups excluding carboxylic acids is 1. The zero-order valence-corrected chi connectivity index (χ0v) is 16.6. The molecule has 1 atom stereocenters. The van der Waals surface area contributed by atoms with E-state index in [4.69, 9.17) is 0 Å². The molecule has 25 heavy (non-hydrogen) atoms. The van der Waals surface area contributed by atoms with Crippen LogP contribution >= 0.6 is 35.1 Å². The minimum atomic E-state index is -3.72. The van der Waals surface area contributed by atoms with Crippen LogP contribution in [0.2, 0.25) is 0 Å². The Hall–Kier alpha value is -0.970. The first-order valence-electron chi connectivity index (χ1n) is 7.67. The van der Waals surface area contributed by atoms with Gasteiger partial charge in [0.15, 0.2) is 0 Å². The highest BCUT2D eigenvalue weighted by atomic mass is 35.5. The van der Waals surface area contributed by atoms with Crippen LogP contribution in [0, 0.1) is 0 Å². The number of thiophene rings is 2. The predicted molar refractivity (Wildman–Crippen MR) is 103 cm³/mol. The molecule has 2 aromatic heterocycles. The Labute approximate surface area is 161 Å². The van der Waals surface area contributed by atoms with Crippen LogP contribution in [0.1, 0.15) is 27.4 Å². The topological polar surface area (TPSA) is 87.3 Å². The van der Waals surface area contributed by atoms with Crippen LogP contribution in [0.3, 0.4) is 0 Å². The molecule has 0 bridgehead atoms. The van der Waals surface area contributed by atoms with E-state index >= 15 is 0 Å². The van der Waals surface area contributed by atoms with E-state index < -0.39 is 10.0 Å². The zero-order chi connectivity index (χ0) is 17.0. The Bertz CT molecular complexity index is 784. The molecule has 2 aromatic rings. The van der Waals surface area contributed by atoms with Crippen molar-refractivity contribution in [2.45, 2.75) is 30.3 Å². The van der Waals surface area contributed by atoms with Gasteiger partial charge in [-0.05, 0) is 42.3 Å².